The number of imidazole rings is 1. The fourth-order valence-corrected chi connectivity index (χ4v) is 2.81. The maximum absolute atomic E-state index is 11.9. The first-order chi connectivity index (χ1) is 11.0. The summed E-state index contributed by atoms with van der Waals surface area (Å²) in [5.74, 6) is -0.387. The lowest BCUT2D eigenvalue weighted by atomic mass is 10.1. The van der Waals surface area contributed by atoms with Gasteiger partial charge in [0.25, 0.3) is 0 Å². The quantitative estimate of drug-likeness (QED) is 0.763. The number of hydrogen-bond acceptors (Lipinski definition) is 3. The van der Waals surface area contributed by atoms with Crippen LogP contribution in [-0.2, 0) is 11.2 Å². The molecule has 2 rings (SSSR count). The molecule has 0 saturated heterocycles. The SMILES string of the molecule is CCC(CC)n1c(CC(=O)C=C[NH3+])nc2cc(C(=O)O)ccc21. The normalized spacial score (nSPS) is 11.7. The van der Waals surface area contributed by atoms with E-state index in [2.05, 4.69) is 29.1 Å². The molecule has 1 aromatic carbocycles. The lowest BCUT2D eigenvalue weighted by molar-refractivity contribution is -0.274. The first-order valence-electron chi connectivity index (χ1n) is 7.74. The average Bonchev–Trinajstić information content (AvgIpc) is 2.86. The van der Waals surface area contributed by atoms with Crippen molar-refractivity contribution in [2.75, 3.05) is 0 Å². The second-order valence-electron chi connectivity index (χ2n) is 5.42. The highest BCUT2D eigenvalue weighted by atomic mass is 16.4. The van der Waals surface area contributed by atoms with Crippen LogP contribution in [0, 0.1) is 0 Å². The van der Waals surface area contributed by atoms with Crippen molar-refractivity contribution in [1.82, 2.24) is 9.55 Å². The molecule has 0 aliphatic heterocycles. The molecule has 0 atom stereocenters. The van der Waals surface area contributed by atoms with Gasteiger partial charge in [-0.05, 0) is 31.0 Å². The molecule has 2 aromatic rings. The molecule has 6 heteroatoms. The summed E-state index contributed by atoms with van der Waals surface area (Å²) in [5.41, 5.74) is 5.21. The summed E-state index contributed by atoms with van der Waals surface area (Å²) in [7, 11) is 0. The van der Waals surface area contributed by atoms with Crippen LogP contribution in [0.5, 0.6) is 0 Å². The van der Waals surface area contributed by atoms with E-state index in [9.17, 15) is 9.59 Å². The lowest BCUT2D eigenvalue weighted by Gasteiger charge is -2.18. The first kappa shape index (κ1) is 16.9. The third-order valence-electron chi connectivity index (χ3n) is 3.95. The monoisotopic (exact) mass is 316 g/mol. The minimum absolute atomic E-state index is 0.0685. The molecule has 0 saturated carbocycles. The molecule has 1 heterocycles. The van der Waals surface area contributed by atoms with Crippen molar-refractivity contribution >= 4 is 22.8 Å². The predicted molar refractivity (Wildman–Crippen MR) is 87.1 cm³/mol. The Morgan fingerprint density at radius 3 is 2.61 bits per heavy atom. The van der Waals surface area contributed by atoms with E-state index in [-0.39, 0.29) is 23.8 Å². The molecular weight excluding hydrogens is 294 g/mol. The molecule has 0 bridgehead atoms. The van der Waals surface area contributed by atoms with Crippen molar-refractivity contribution in [3.63, 3.8) is 0 Å². The number of carbonyl (C=O) groups is 2. The topological polar surface area (TPSA) is 99.8 Å². The molecule has 4 N–H and O–H groups in total. The van der Waals surface area contributed by atoms with Crippen molar-refractivity contribution in [2.24, 2.45) is 0 Å². The Kier molecular flexibility index (Phi) is 5.28. The first-order valence-corrected chi connectivity index (χ1v) is 7.74. The molecule has 0 amide bonds. The van der Waals surface area contributed by atoms with Gasteiger partial charge in [-0.2, -0.15) is 0 Å². The van der Waals surface area contributed by atoms with Gasteiger partial charge in [-0.25, -0.2) is 9.78 Å². The third-order valence-corrected chi connectivity index (χ3v) is 3.95. The summed E-state index contributed by atoms with van der Waals surface area (Å²) < 4.78 is 2.07. The van der Waals surface area contributed by atoms with Crippen molar-refractivity contribution in [2.45, 2.75) is 39.2 Å². The van der Waals surface area contributed by atoms with E-state index in [1.165, 1.54) is 12.3 Å². The van der Waals surface area contributed by atoms with Crippen LogP contribution in [0.4, 0.5) is 0 Å². The Morgan fingerprint density at radius 2 is 2.04 bits per heavy atom. The van der Waals surface area contributed by atoms with Gasteiger partial charge in [0.2, 0.25) is 0 Å². The van der Waals surface area contributed by atoms with Crippen LogP contribution in [-0.4, -0.2) is 26.4 Å². The van der Waals surface area contributed by atoms with Crippen LogP contribution in [0.1, 0.15) is 48.9 Å². The molecule has 0 spiro atoms. The van der Waals surface area contributed by atoms with E-state index in [0.717, 1.165) is 18.4 Å². The van der Waals surface area contributed by atoms with E-state index in [1.54, 1.807) is 18.2 Å². The number of allylic oxidation sites excluding steroid dienone is 1. The number of benzene rings is 1. The highest BCUT2D eigenvalue weighted by molar-refractivity contribution is 5.94. The van der Waals surface area contributed by atoms with Crippen LogP contribution in [0.25, 0.3) is 11.0 Å². The molecule has 0 fully saturated rings. The van der Waals surface area contributed by atoms with Gasteiger partial charge in [0, 0.05) is 12.1 Å². The van der Waals surface area contributed by atoms with Crippen LogP contribution in [0.2, 0.25) is 0 Å². The second kappa shape index (κ2) is 7.19. The molecule has 0 unspecified atom stereocenters. The van der Waals surface area contributed by atoms with E-state index < -0.39 is 5.97 Å². The van der Waals surface area contributed by atoms with Gasteiger partial charge in [0.1, 0.15) is 5.82 Å². The zero-order valence-electron chi connectivity index (χ0n) is 13.5. The number of rotatable bonds is 7. The summed E-state index contributed by atoms with van der Waals surface area (Å²) in [5, 5.41) is 9.13. The number of carbonyl (C=O) groups excluding carboxylic acids is 1. The van der Waals surface area contributed by atoms with Gasteiger partial charge in [-0.15, -0.1) is 0 Å². The maximum atomic E-state index is 11.9. The molecule has 23 heavy (non-hydrogen) atoms. The minimum atomic E-state index is -0.985. The Bertz CT molecular complexity index is 758. The summed E-state index contributed by atoms with van der Waals surface area (Å²) in [4.78, 5) is 27.6. The average molecular weight is 316 g/mol. The fourth-order valence-electron chi connectivity index (χ4n) is 2.81. The largest absolute Gasteiger partial charge is 0.478 e. The van der Waals surface area contributed by atoms with Crippen molar-refractivity contribution in [3.8, 4) is 0 Å². The second-order valence-corrected chi connectivity index (χ2v) is 5.42. The molecule has 0 aliphatic carbocycles. The minimum Gasteiger partial charge on any atom is -0.478 e. The maximum Gasteiger partial charge on any atom is 0.335 e. The van der Waals surface area contributed by atoms with E-state index >= 15 is 0 Å². The lowest BCUT2D eigenvalue weighted by Crippen LogP contribution is -2.39. The number of quaternary nitrogens is 1. The summed E-state index contributed by atoms with van der Waals surface area (Å²) in [6, 6.07) is 5.13. The number of nitrogens with zero attached hydrogens (tertiary/aromatic N) is 2. The Labute approximate surface area is 134 Å². The summed E-state index contributed by atoms with van der Waals surface area (Å²) >= 11 is 0. The Balaban J connectivity index is 2.60. The van der Waals surface area contributed by atoms with Crippen molar-refractivity contribution in [1.29, 1.82) is 0 Å². The van der Waals surface area contributed by atoms with E-state index in [1.807, 2.05) is 0 Å². The van der Waals surface area contributed by atoms with Gasteiger partial charge in [-0.3, -0.25) is 4.79 Å². The van der Waals surface area contributed by atoms with Crippen molar-refractivity contribution in [3.05, 3.63) is 41.9 Å². The predicted octanol–water partition coefficient (Wildman–Crippen LogP) is 1.96. The molecule has 1 aromatic heterocycles. The highest BCUT2D eigenvalue weighted by Gasteiger charge is 2.19. The van der Waals surface area contributed by atoms with Gasteiger partial charge in [0.05, 0.1) is 29.2 Å². The van der Waals surface area contributed by atoms with E-state index in [4.69, 9.17) is 5.11 Å². The number of aromatic carboxylic acids is 1. The van der Waals surface area contributed by atoms with Gasteiger partial charge >= 0.3 is 5.97 Å². The number of hydrogen-bond donors (Lipinski definition) is 2. The molecule has 0 aliphatic rings. The van der Waals surface area contributed by atoms with Crippen LogP contribution in [0.3, 0.4) is 0 Å². The van der Waals surface area contributed by atoms with Gasteiger partial charge < -0.3 is 15.4 Å². The number of aromatic nitrogens is 2. The van der Waals surface area contributed by atoms with E-state index in [0.29, 0.717) is 11.3 Å². The van der Waals surface area contributed by atoms with Crippen molar-refractivity contribution < 1.29 is 20.4 Å². The smallest absolute Gasteiger partial charge is 0.335 e. The molecular formula is C17H22N3O3+. The van der Waals surface area contributed by atoms with Gasteiger partial charge in [0.15, 0.2) is 5.78 Å². The number of fused-ring (bicyclic) bond motifs is 1. The fraction of sp³-hybridized carbons (Fsp3) is 0.353. The zero-order chi connectivity index (χ0) is 17.0. The Hall–Kier alpha value is -2.47. The summed E-state index contributed by atoms with van der Waals surface area (Å²) in [6.45, 7) is 4.18. The van der Waals surface area contributed by atoms with Gasteiger partial charge in [-0.1, -0.05) is 13.8 Å². The number of ketones is 1. The number of carboxylic acids is 1. The summed E-state index contributed by atoms with van der Waals surface area (Å²) in [6.07, 6.45) is 4.90. The molecule has 122 valence electrons. The highest BCUT2D eigenvalue weighted by Crippen LogP contribution is 2.26. The third kappa shape index (κ3) is 3.48. The molecule has 6 nitrogen and oxygen atoms in total. The zero-order valence-corrected chi connectivity index (χ0v) is 13.5. The molecule has 0 radical (unpaired) electrons. The van der Waals surface area contributed by atoms with Crippen LogP contribution in [0.15, 0.2) is 30.5 Å². The Morgan fingerprint density at radius 1 is 1.35 bits per heavy atom. The number of carboxylic acid groups (broad SMARTS) is 1. The standard InChI is InChI=1S/C17H21N3O3/c1-3-12(4-2)20-15-6-5-11(17(22)23)9-14(15)19-16(20)10-13(21)7-8-18/h5-9,12H,3-4,10,18H2,1-2H3,(H,22,23)/p+1. The van der Waals surface area contributed by atoms with Crippen LogP contribution < -0.4 is 5.73 Å². The van der Waals surface area contributed by atoms with Crippen LogP contribution >= 0.6 is 0 Å².